The van der Waals surface area contributed by atoms with E-state index in [2.05, 4.69) is 73.0 Å². The molecule has 0 aromatic heterocycles. The van der Waals surface area contributed by atoms with E-state index in [0.717, 1.165) is 57.8 Å². The molecule has 0 unspecified atom stereocenters. The van der Waals surface area contributed by atoms with Crippen molar-refractivity contribution in [2.75, 3.05) is 19.6 Å². The molecule has 0 saturated carbocycles. The fourth-order valence-corrected chi connectivity index (χ4v) is 3.74. The van der Waals surface area contributed by atoms with Gasteiger partial charge in [0.05, 0.1) is 0 Å². The summed E-state index contributed by atoms with van der Waals surface area (Å²) in [5.41, 5.74) is -0.464. The molecule has 0 bridgehead atoms. The van der Waals surface area contributed by atoms with Crippen LogP contribution in [0, 0.1) is 5.92 Å². The number of hydrogen-bond donors (Lipinski definition) is 1. The molecule has 1 N–H and O–H groups in total. The van der Waals surface area contributed by atoms with E-state index in [1.54, 1.807) is 4.90 Å². The van der Waals surface area contributed by atoms with Crippen molar-refractivity contribution in [2.45, 2.75) is 97.5 Å². The molecular weight excluding hydrogens is 448 g/mol. The molecule has 5 heteroatoms. The van der Waals surface area contributed by atoms with Crippen molar-refractivity contribution in [3.63, 3.8) is 0 Å². The van der Waals surface area contributed by atoms with Gasteiger partial charge in [0.15, 0.2) is 0 Å². The van der Waals surface area contributed by atoms with Crippen LogP contribution in [0.15, 0.2) is 60.8 Å². The van der Waals surface area contributed by atoms with Crippen LogP contribution in [0.2, 0.25) is 0 Å². The summed E-state index contributed by atoms with van der Waals surface area (Å²) in [5, 5.41) is 3.07. The van der Waals surface area contributed by atoms with E-state index in [4.69, 9.17) is 4.74 Å². The average Bonchev–Trinajstić information content (AvgIpc) is 2.84. The average molecular weight is 499 g/mol. The van der Waals surface area contributed by atoms with Crippen LogP contribution in [0.1, 0.15) is 91.9 Å². The number of unbranched alkanes of at least 4 members (excludes halogenated alkanes) is 1. The van der Waals surface area contributed by atoms with Crippen LogP contribution in [-0.4, -0.2) is 42.1 Å². The summed E-state index contributed by atoms with van der Waals surface area (Å²) in [4.78, 5) is 26.0. The van der Waals surface area contributed by atoms with Gasteiger partial charge in [-0.2, -0.15) is 0 Å². The Bertz CT molecular complexity index is 748. The molecule has 1 aliphatic heterocycles. The molecule has 1 rings (SSSR count). The number of piperidine rings is 1. The number of likely N-dealkylation sites (tertiary alicyclic amines) is 1. The zero-order valence-corrected chi connectivity index (χ0v) is 23.2. The zero-order chi connectivity index (χ0) is 26.5. The van der Waals surface area contributed by atoms with Crippen molar-refractivity contribution in [3.05, 3.63) is 60.8 Å². The summed E-state index contributed by atoms with van der Waals surface area (Å²) in [6.07, 6.45) is 30.9. The molecule has 0 atom stereocenters. The summed E-state index contributed by atoms with van der Waals surface area (Å²) in [6.45, 7) is 9.89. The third-order valence-corrected chi connectivity index (χ3v) is 5.79. The number of hydrogen-bond acceptors (Lipinski definition) is 3. The second kappa shape index (κ2) is 19.6. The Labute approximate surface area is 220 Å². The lowest BCUT2D eigenvalue weighted by Gasteiger charge is -2.33. The predicted molar refractivity (Wildman–Crippen MR) is 152 cm³/mol. The summed E-state index contributed by atoms with van der Waals surface area (Å²) < 4.78 is 5.44. The molecule has 1 fully saturated rings. The summed E-state index contributed by atoms with van der Waals surface area (Å²) in [5.74, 6) is 0.551. The molecule has 0 spiro atoms. The van der Waals surface area contributed by atoms with Gasteiger partial charge in [-0.25, -0.2) is 4.79 Å². The van der Waals surface area contributed by atoms with Gasteiger partial charge in [-0.05, 0) is 84.5 Å². The molecule has 36 heavy (non-hydrogen) atoms. The Morgan fingerprint density at radius 2 is 1.33 bits per heavy atom. The Hall–Kier alpha value is -2.56. The number of rotatable bonds is 15. The normalized spacial score (nSPS) is 15.8. The van der Waals surface area contributed by atoms with Gasteiger partial charge in [-0.3, -0.25) is 4.79 Å². The van der Waals surface area contributed by atoms with Crippen molar-refractivity contribution < 1.29 is 14.3 Å². The number of carbonyl (C=O) groups excluding carboxylic acids is 2. The van der Waals surface area contributed by atoms with Gasteiger partial charge in [0.2, 0.25) is 5.91 Å². The summed E-state index contributed by atoms with van der Waals surface area (Å²) in [6, 6.07) is 0. The number of ether oxygens (including phenoxy) is 1. The van der Waals surface area contributed by atoms with Gasteiger partial charge < -0.3 is 15.0 Å². The molecule has 2 amide bonds. The van der Waals surface area contributed by atoms with Gasteiger partial charge in [-0.1, -0.05) is 67.7 Å². The monoisotopic (exact) mass is 498 g/mol. The van der Waals surface area contributed by atoms with Crippen LogP contribution in [0.5, 0.6) is 0 Å². The lowest BCUT2D eigenvalue weighted by Crippen LogP contribution is -2.43. The Kier molecular flexibility index (Phi) is 17.1. The van der Waals surface area contributed by atoms with Gasteiger partial charge in [0.1, 0.15) is 5.60 Å². The van der Waals surface area contributed by atoms with Crippen molar-refractivity contribution in [1.29, 1.82) is 0 Å². The highest BCUT2D eigenvalue weighted by atomic mass is 16.6. The SMILES string of the molecule is CCC=CCC=CCC=CCC=CCC=CCCCC(=O)NCC1CCN(C(=O)OC(C)(C)C)CC1. The first-order valence-electron chi connectivity index (χ1n) is 13.8. The summed E-state index contributed by atoms with van der Waals surface area (Å²) in [7, 11) is 0. The fourth-order valence-electron chi connectivity index (χ4n) is 3.74. The topological polar surface area (TPSA) is 58.6 Å². The molecule has 1 heterocycles. The van der Waals surface area contributed by atoms with E-state index in [1.807, 2.05) is 20.8 Å². The van der Waals surface area contributed by atoms with E-state index in [-0.39, 0.29) is 12.0 Å². The Morgan fingerprint density at radius 3 is 1.83 bits per heavy atom. The third-order valence-electron chi connectivity index (χ3n) is 5.79. The zero-order valence-electron chi connectivity index (χ0n) is 23.2. The van der Waals surface area contributed by atoms with E-state index in [9.17, 15) is 9.59 Å². The molecule has 0 aromatic carbocycles. The van der Waals surface area contributed by atoms with Gasteiger partial charge in [0, 0.05) is 26.1 Å². The number of nitrogens with zero attached hydrogens (tertiary/aromatic N) is 1. The molecular formula is C31H50N2O3. The highest BCUT2D eigenvalue weighted by Crippen LogP contribution is 2.19. The minimum absolute atomic E-state index is 0.122. The van der Waals surface area contributed by atoms with E-state index >= 15 is 0 Å². The van der Waals surface area contributed by atoms with Gasteiger partial charge >= 0.3 is 6.09 Å². The quantitative estimate of drug-likeness (QED) is 0.186. The van der Waals surface area contributed by atoms with Gasteiger partial charge in [0.25, 0.3) is 0 Å². The Balaban J connectivity index is 2.01. The fraction of sp³-hybridized carbons (Fsp3) is 0.613. The number of amides is 2. The first-order valence-corrected chi connectivity index (χ1v) is 13.8. The third kappa shape index (κ3) is 17.8. The predicted octanol–water partition coefficient (Wildman–Crippen LogP) is 7.67. The molecule has 0 aromatic rings. The van der Waals surface area contributed by atoms with E-state index < -0.39 is 5.60 Å². The van der Waals surface area contributed by atoms with E-state index in [0.29, 0.717) is 32.0 Å². The largest absolute Gasteiger partial charge is 0.444 e. The number of carbonyl (C=O) groups is 2. The van der Waals surface area contributed by atoms with Gasteiger partial charge in [-0.15, -0.1) is 0 Å². The van der Waals surface area contributed by atoms with Crippen molar-refractivity contribution in [2.24, 2.45) is 5.92 Å². The van der Waals surface area contributed by atoms with Crippen molar-refractivity contribution >= 4 is 12.0 Å². The van der Waals surface area contributed by atoms with Crippen LogP contribution >= 0.6 is 0 Å². The van der Waals surface area contributed by atoms with Crippen LogP contribution in [-0.2, 0) is 9.53 Å². The second-order valence-corrected chi connectivity index (χ2v) is 10.3. The molecule has 1 saturated heterocycles. The van der Waals surface area contributed by atoms with Crippen LogP contribution in [0.4, 0.5) is 4.79 Å². The maximum Gasteiger partial charge on any atom is 0.410 e. The van der Waals surface area contributed by atoms with Crippen molar-refractivity contribution in [3.8, 4) is 0 Å². The molecule has 5 nitrogen and oxygen atoms in total. The minimum Gasteiger partial charge on any atom is -0.444 e. The Morgan fingerprint density at radius 1 is 0.833 bits per heavy atom. The highest BCUT2D eigenvalue weighted by Gasteiger charge is 2.26. The number of nitrogens with one attached hydrogen (secondary N) is 1. The van der Waals surface area contributed by atoms with Crippen LogP contribution in [0.3, 0.4) is 0 Å². The van der Waals surface area contributed by atoms with Crippen LogP contribution in [0.25, 0.3) is 0 Å². The second-order valence-electron chi connectivity index (χ2n) is 10.3. The lowest BCUT2D eigenvalue weighted by atomic mass is 9.97. The first kappa shape index (κ1) is 31.5. The first-order chi connectivity index (χ1) is 17.3. The smallest absolute Gasteiger partial charge is 0.410 e. The van der Waals surface area contributed by atoms with E-state index in [1.165, 1.54) is 0 Å². The van der Waals surface area contributed by atoms with Crippen molar-refractivity contribution in [1.82, 2.24) is 10.2 Å². The number of allylic oxidation sites excluding steroid dienone is 10. The molecule has 202 valence electrons. The molecule has 0 aliphatic carbocycles. The lowest BCUT2D eigenvalue weighted by molar-refractivity contribution is -0.121. The summed E-state index contributed by atoms with van der Waals surface area (Å²) >= 11 is 0. The standard InChI is InChI=1S/C31H50N2O3/c1-5-6-7-8-9-10-11-12-13-14-15-16-17-18-19-20-21-22-29(34)32-27-28-23-25-33(26-24-28)30(35)36-31(2,3)4/h6-7,9-10,12-13,15-16,18-19,28H,5,8,11,14,17,20-27H2,1-4H3,(H,32,34). The highest BCUT2D eigenvalue weighted by molar-refractivity contribution is 5.75. The molecule has 1 aliphatic rings. The van der Waals surface area contributed by atoms with Crippen LogP contribution < -0.4 is 5.32 Å². The molecule has 0 radical (unpaired) electrons. The minimum atomic E-state index is -0.464. The maximum absolute atomic E-state index is 12.1. The maximum atomic E-state index is 12.1.